The topological polar surface area (TPSA) is 85.2 Å². The van der Waals surface area contributed by atoms with Gasteiger partial charge in [-0.1, -0.05) is 35.5 Å². The molecule has 4 aromatic rings. The van der Waals surface area contributed by atoms with Crippen molar-refractivity contribution in [3.05, 3.63) is 89.5 Å². The fourth-order valence-corrected chi connectivity index (χ4v) is 3.33. The van der Waals surface area contributed by atoms with Gasteiger partial charge in [-0.3, -0.25) is 14.4 Å². The number of anilines is 1. The maximum Gasteiger partial charge on any atom is 0.280 e. The Hall–Kier alpha value is -4.13. The van der Waals surface area contributed by atoms with Gasteiger partial charge in [-0.2, -0.15) is 4.68 Å². The molecular formula is C21H12N4O3. The summed E-state index contributed by atoms with van der Waals surface area (Å²) in [4.78, 5) is 39.6. The van der Waals surface area contributed by atoms with Crippen LogP contribution in [0.1, 0.15) is 31.1 Å². The SMILES string of the molecule is O=C1c2ccc(C(=O)n3nnc4ccccc43)cc2C(=O)N1c1ccccc1. The van der Waals surface area contributed by atoms with E-state index in [1.165, 1.54) is 22.9 Å². The predicted octanol–water partition coefficient (Wildman–Crippen LogP) is 2.92. The highest BCUT2D eigenvalue weighted by Gasteiger charge is 2.37. The summed E-state index contributed by atoms with van der Waals surface area (Å²) in [5.41, 5.74) is 2.38. The number of imide groups is 1. The first-order chi connectivity index (χ1) is 13.6. The first-order valence-electron chi connectivity index (χ1n) is 8.58. The van der Waals surface area contributed by atoms with E-state index in [1.54, 1.807) is 48.5 Å². The Morgan fingerprint density at radius 2 is 1.50 bits per heavy atom. The lowest BCUT2D eigenvalue weighted by molar-refractivity contribution is 0.0923. The summed E-state index contributed by atoms with van der Waals surface area (Å²) in [6.45, 7) is 0. The third-order valence-electron chi connectivity index (χ3n) is 4.69. The molecule has 1 aromatic heterocycles. The molecule has 7 heteroatoms. The van der Waals surface area contributed by atoms with Crippen LogP contribution in [0.25, 0.3) is 11.0 Å². The fraction of sp³-hybridized carbons (Fsp3) is 0. The summed E-state index contributed by atoms with van der Waals surface area (Å²) in [6, 6.07) is 20.3. The monoisotopic (exact) mass is 368 g/mol. The van der Waals surface area contributed by atoms with E-state index in [4.69, 9.17) is 0 Å². The third kappa shape index (κ3) is 2.26. The van der Waals surface area contributed by atoms with Crippen molar-refractivity contribution in [2.75, 3.05) is 4.90 Å². The first-order valence-corrected chi connectivity index (χ1v) is 8.58. The molecule has 0 spiro atoms. The highest BCUT2D eigenvalue weighted by molar-refractivity contribution is 6.34. The van der Waals surface area contributed by atoms with Crippen LogP contribution in [-0.2, 0) is 0 Å². The van der Waals surface area contributed by atoms with Crippen molar-refractivity contribution in [1.82, 2.24) is 15.0 Å². The molecule has 5 rings (SSSR count). The van der Waals surface area contributed by atoms with Gasteiger partial charge in [-0.05, 0) is 42.5 Å². The van der Waals surface area contributed by atoms with Crippen molar-refractivity contribution >= 4 is 34.4 Å². The van der Waals surface area contributed by atoms with Gasteiger partial charge in [0.05, 0.1) is 22.3 Å². The average molecular weight is 368 g/mol. The molecule has 0 fully saturated rings. The zero-order valence-electron chi connectivity index (χ0n) is 14.4. The van der Waals surface area contributed by atoms with E-state index in [0.29, 0.717) is 16.7 Å². The lowest BCUT2D eigenvalue weighted by Gasteiger charge is -2.13. The zero-order valence-corrected chi connectivity index (χ0v) is 14.4. The molecular weight excluding hydrogens is 356 g/mol. The van der Waals surface area contributed by atoms with Crippen molar-refractivity contribution in [3.63, 3.8) is 0 Å². The van der Waals surface area contributed by atoms with E-state index in [-0.39, 0.29) is 16.7 Å². The Morgan fingerprint density at radius 3 is 2.32 bits per heavy atom. The van der Waals surface area contributed by atoms with Crippen LogP contribution in [0.3, 0.4) is 0 Å². The average Bonchev–Trinajstić information content (AvgIpc) is 3.27. The van der Waals surface area contributed by atoms with Gasteiger partial charge in [0.1, 0.15) is 5.52 Å². The largest absolute Gasteiger partial charge is 0.280 e. The molecule has 28 heavy (non-hydrogen) atoms. The van der Waals surface area contributed by atoms with Crippen LogP contribution in [0.5, 0.6) is 0 Å². The predicted molar refractivity (Wildman–Crippen MR) is 101 cm³/mol. The summed E-state index contributed by atoms with van der Waals surface area (Å²) < 4.78 is 1.19. The van der Waals surface area contributed by atoms with Crippen LogP contribution in [0, 0.1) is 0 Å². The summed E-state index contributed by atoms with van der Waals surface area (Å²) in [5, 5.41) is 7.90. The second kappa shape index (κ2) is 5.95. The molecule has 1 aliphatic heterocycles. The Morgan fingerprint density at radius 1 is 0.786 bits per heavy atom. The normalized spacial score (nSPS) is 13.2. The Bertz CT molecular complexity index is 1280. The fourth-order valence-electron chi connectivity index (χ4n) is 3.33. The quantitative estimate of drug-likeness (QED) is 0.508. The number of carbonyl (C=O) groups excluding carboxylic acids is 3. The number of fused-ring (bicyclic) bond motifs is 2. The Balaban J connectivity index is 1.56. The molecule has 7 nitrogen and oxygen atoms in total. The van der Waals surface area contributed by atoms with Crippen LogP contribution in [0.4, 0.5) is 5.69 Å². The number of para-hydroxylation sites is 2. The van der Waals surface area contributed by atoms with Crippen molar-refractivity contribution < 1.29 is 14.4 Å². The van der Waals surface area contributed by atoms with E-state index in [1.807, 2.05) is 6.07 Å². The van der Waals surface area contributed by atoms with Crippen molar-refractivity contribution in [3.8, 4) is 0 Å². The molecule has 0 aliphatic carbocycles. The standard InChI is InChI=1S/C21H12N4O3/c26-19(25-18-9-5-4-8-17(18)22-23-25)13-10-11-15-16(12-13)21(28)24(20(15)27)14-6-2-1-3-7-14/h1-12H. The number of benzene rings is 3. The van der Waals surface area contributed by atoms with Gasteiger partial charge < -0.3 is 0 Å². The number of nitrogens with zero attached hydrogens (tertiary/aromatic N) is 4. The highest BCUT2D eigenvalue weighted by Crippen LogP contribution is 2.29. The minimum absolute atomic E-state index is 0.198. The molecule has 2 heterocycles. The number of aromatic nitrogens is 3. The molecule has 0 radical (unpaired) electrons. The van der Waals surface area contributed by atoms with Gasteiger partial charge in [0.15, 0.2) is 0 Å². The van der Waals surface area contributed by atoms with E-state index >= 15 is 0 Å². The molecule has 0 bridgehead atoms. The summed E-state index contributed by atoms with van der Waals surface area (Å²) in [7, 11) is 0. The highest BCUT2D eigenvalue weighted by atomic mass is 16.2. The number of amides is 2. The summed E-state index contributed by atoms with van der Waals surface area (Å²) in [5.74, 6) is -1.28. The van der Waals surface area contributed by atoms with Crippen LogP contribution >= 0.6 is 0 Å². The molecule has 0 unspecified atom stereocenters. The molecule has 0 saturated carbocycles. The minimum Gasteiger partial charge on any atom is -0.268 e. The van der Waals surface area contributed by atoms with Crippen molar-refractivity contribution in [1.29, 1.82) is 0 Å². The van der Waals surface area contributed by atoms with Crippen LogP contribution in [0.2, 0.25) is 0 Å². The van der Waals surface area contributed by atoms with Gasteiger partial charge in [0.2, 0.25) is 0 Å². The summed E-state index contributed by atoms with van der Waals surface area (Å²) >= 11 is 0. The van der Waals surface area contributed by atoms with E-state index in [0.717, 1.165) is 4.90 Å². The number of carbonyl (C=O) groups is 3. The lowest BCUT2D eigenvalue weighted by Crippen LogP contribution is -2.29. The maximum atomic E-state index is 12.9. The summed E-state index contributed by atoms with van der Waals surface area (Å²) in [6.07, 6.45) is 0. The maximum absolute atomic E-state index is 12.9. The molecule has 2 amide bonds. The van der Waals surface area contributed by atoms with E-state index in [9.17, 15) is 14.4 Å². The van der Waals surface area contributed by atoms with Crippen LogP contribution in [0.15, 0.2) is 72.8 Å². The molecule has 3 aromatic carbocycles. The molecule has 0 saturated heterocycles. The van der Waals surface area contributed by atoms with Gasteiger partial charge >= 0.3 is 0 Å². The number of hydrogen-bond donors (Lipinski definition) is 0. The minimum atomic E-state index is -0.454. The van der Waals surface area contributed by atoms with Crippen LogP contribution < -0.4 is 4.90 Å². The smallest absolute Gasteiger partial charge is 0.268 e. The second-order valence-electron chi connectivity index (χ2n) is 6.34. The van der Waals surface area contributed by atoms with Gasteiger partial charge in [0.25, 0.3) is 17.7 Å². The Kier molecular flexibility index (Phi) is 3.42. The molecule has 0 N–H and O–H groups in total. The van der Waals surface area contributed by atoms with E-state index < -0.39 is 17.7 Å². The van der Waals surface area contributed by atoms with Crippen LogP contribution in [-0.4, -0.2) is 32.7 Å². The third-order valence-corrected chi connectivity index (χ3v) is 4.69. The molecule has 1 aliphatic rings. The first kappa shape index (κ1) is 16.1. The zero-order chi connectivity index (χ0) is 19.3. The molecule has 0 atom stereocenters. The van der Waals surface area contributed by atoms with Crippen molar-refractivity contribution in [2.45, 2.75) is 0 Å². The van der Waals surface area contributed by atoms with Gasteiger partial charge in [-0.15, -0.1) is 5.10 Å². The van der Waals surface area contributed by atoms with Gasteiger partial charge in [-0.25, -0.2) is 4.90 Å². The number of hydrogen-bond acceptors (Lipinski definition) is 5. The number of rotatable bonds is 2. The molecule has 134 valence electrons. The van der Waals surface area contributed by atoms with E-state index in [2.05, 4.69) is 10.3 Å². The second-order valence-corrected chi connectivity index (χ2v) is 6.34. The van der Waals surface area contributed by atoms with Gasteiger partial charge in [0, 0.05) is 5.56 Å². The van der Waals surface area contributed by atoms with Crippen molar-refractivity contribution in [2.24, 2.45) is 0 Å². The Labute approximate surface area is 158 Å². The lowest BCUT2D eigenvalue weighted by atomic mass is 10.1.